The van der Waals surface area contributed by atoms with Gasteiger partial charge in [-0.05, 0) is 5.56 Å². The molecule has 0 atom stereocenters. The van der Waals surface area contributed by atoms with E-state index in [1.54, 1.807) is 11.6 Å². The van der Waals surface area contributed by atoms with Gasteiger partial charge in [-0.1, -0.05) is 30.3 Å². The first kappa shape index (κ1) is 12.4. The van der Waals surface area contributed by atoms with Crippen molar-refractivity contribution >= 4 is 17.0 Å². The molecule has 0 aliphatic heterocycles. The molecular weight excluding hydrogens is 254 g/mol. The first-order chi connectivity index (χ1) is 9.63. The molecule has 2 heterocycles. The molecule has 0 saturated carbocycles. The maximum atomic E-state index is 12.4. The van der Waals surface area contributed by atoms with Crippen molar-refractivity contribution in [2.24, 2.45) is 19.9 Å². The van der Waals surface area contributed by atoms with Crippen LogP contribution in [0.4, 0.5) is 5.95 Å². The number of anilines is 1. The Bertz CT molecular complexity index is 832. The number of nitrogen functional groups attached to an aromatic ring is 1. The van der Waals surface area contributed by atoms with Crippen LogP contribution in [0.1, 0.15) is 0 Å². The quantitative estimate of drug-likeness (QED) is 0.541. The standard InChI is InChI=1S/C14H15N5O/c1-18-8-10(9-6-4-3-5-7-9)11-12(18)13(20)19(2)14(16-11)17-15/h3-8H,15H2,1-2H3,(H,16,17). The lowest BCUT2D eigenvalue weighted by Gasteiger charge is -2.07. The summed E-state index contributed by atoms with van der Waals surface area (Å²) in [5, 5.41) is 0. The van der Waals surface area contributed by atoms with E-state index in [9.17, 15) is 4.79 Å². The van der Waals surface area contributed by atoms with E-state index in [0.717, 1.165) is 11.1 Å². The molecule has 102 valence electrons. The minimum absolute atomic E-state index is 0.132. The molecule has 20 heavy (non-hydrogen) atoms. The molecule has 0 radical (unpaired) electrons. The average Bonchev–Trinajstić information content (AvgIpc) is 2.80. The topological polar surface area (TPSA) is 77.9 Å². The third-order valence-electron chi connectivity index (χ3n) is 3.41. The summed E-state index contributed by atoms with van der Waals surface area (Å²) in [6.07, 6.45) is 1.91. The smallest absolute Gasteiger partial charge is 0.279 e. The molecule has 0 aliphatic rings. The molecule has 0 amide bonds. The van der Waals surface area contributed by atoms with Crippen LogP contribution in [0.5, 0.6) is 0 Å². The average molecular weight is 269 g/mol. The normalized spacial score (nSPS) is 10.9. The van der Waals surface area contributed by atoms with Gasteiger partial charge in [0, 0.05) is 25.9 Å². The van der Waals surface area contributed by atoms with Gasteiger partial charge in [0.05, 0.1) is 0 Å². The summed E-state index contributed by atoms with van der Waals surface area (Å²) in [5.74, 6) is 5.77. The van der Waals surface area contributed by atoms with Crippen molar-refractivity contribution in [1.82, 2.24) is 14.1 Å². The Kier molecular flexibility index (Phi) is 2.80. The predicted molar refractivity (Wildman–Crippen MR) is 79.2 cm³/mol. The second-order valence-electron chi connectivity index (χ2n) is 4.66. The molecule has 0 fully saturated rings. The van der Waals surface area contributed by atoms with Crippen LogP contribution in [0.25, 0.3) is 22.2 Å². The summed E-state index contributed by atoms with van der Waals surface area (Å²) in [7, 11) is 3.48. The second kappa shape index (κ2) is 4.50. The minimum atomic E-state index is -0.132. The molecule has 0 aliphatic carbocycles. The van der Waals surface area contributed by atoms with Gasteiger partial charge in [-0.2, -0.15) is 0 Å². The van der Waals surface area contributed by atoms with Crippen molar-refractivity contribution in [2.75, 3.05) is 5.43 Å². The van der Waals surface area contributed by atoms with Crippen molar-refractivity contribution in [3.8, 4) is 11.1 Å². The zero-order valence-electron chi connectivity index (χ0n) is 11.3. The summed E-state index contributed by atoms with van der Waals surface area (Å²) in [5.41, 5.74) is 5.47. The van der Waals surface area contributed by atoms with Gasteiger partial charge in [-0.15, -0.1) is 0 Å². The van der Waals surface area contributed by atoms with E-state index in [2.05, 4.69) is 10.4 Å². The largest absolute Gasteiger partial charge is 0.344 e. The first-order valence-electron chi connectivity index (χ1n) is 6.21. The van der Waals surface area contributed by atoms with Gasteiger partial charge in [-0.3, -0.25) is 14.8 Å². The highest BCUT2D eigenvalue weighted by atomic mass is 16.1. The second-order valence-corrected chi connectivity index (χ2v) is 4.66. The molecular formula is C14H15N5O. The number of hydrogen-bond acceptors (Lipinski definition) is 4. The number of aromatic nitrogens is 3. The number of nitrogens with zero attached hydrogens (tertiary/aromatic N) is 3. The molecule has 3 aromatic rings. The summed E-state index contributed by atoms with van der Waals surface area (Å²) in [6.45, 7) is 0. The Balaban J connectivity index is 2.42. The van der Waals surface area contributed by atoms with Gasteiger partial charge in [0.15, 0.2) is 0 Å². The third kappa shape index (κ3) is 1.70. The number of nitrogens with one attached hydrogen (secondary N) is 1. The summed E-state index contributed by atoms with van der Waals surface area (Å²) in [4.78, 5) is 16.8. The molecule has 6 heteroatoms. The summed E-state index contributed by atoms with van der Waals surface area (Å²) < 4.78 is 3.20. The number of hydrazine groups is 1. The van der Waals surface area contributed by atoms with Crippen LogP contribution in [0.3, 0.4) is 0 Å². The lowest BCUT2D eigenvalue weighted by atomic mass is 10.1. The molecule has 0 bridgehead atoms. The molecule has 6 nitrogen and oxygen atoms in total. The number of hydrogen-bond donors (Lipinski definition) is 2. The number of fused-ring (bicyclic) bond motifs is 1. The van der Waals surface area contributed by atoms with Crippen molar-refractivity contribution in [3.05, 3.63) is 46.9 Å². The van der Waals surface area contributed by atoms with Crippen LogP contribution >= 0.6 is 0 Å². The molecule has 1 aromatic carbocycles. The SMILES string of the molecule is Cn1c(NN)nc2c(-c3ccccc3)cn(C)c2c1=O. The van der Waals surface area contributed by atoms with Crippen molar-refractivity contribution in [2.45, 2.75) is 0 Å². The van der Waals surface area contributed by atoms with Crippen LogP contribution in [0.15, 0.2) is 41.3 Å². The Labute approximate surface area is 115 Å². The van der Waals surface area contributed by atoms with Gasteiger partial charge in [0.1, 0.15) is 11.0 Å². The third-order valence-corrected chi connectivity index (χ3v) is 3.41. The number of aryl methyl sites for hydroxylation is 1. The number of nitrogens with two attached hydrogens (primary N) is 1. The fourth-order valence-electron chi connectivity index (χ4n) is 2.37. The van der Waals surface area contributed by atoms with Gasteiger partial charge < -0.3 is 4.57 Å². The fraction of sp³-hybridized carbons (Fsp3) is 0.143. The van der Waals surface area contributed by atoms with Crippen molar-refractivity contribution < 1.29 is 0 Å². The molecule has 0 saturated heterocycles. The molecule has 3 N–H and O–H groups in total. The van der Waals surface area contributed by atoms with Crippen molar-refractivity contribution in [1.29, 1.82) is 0 Å². The Morgan fingerprint density at radius 3 is 2.55 bits per heavy atom. The van der Waals surface area contributed by atoms with Crippen LogP contribution in [0, 0.1) is 0 Å². The van der Waals surface area contributed by atoms with Crippen molar-refractivity contribution in [3.63, 3.8) is 0 Å². The molecule has 0 unspecified atom stereocenters. The van der Waals surface area contributed by atoms with E-state index >= 15 is 0 Å². The highest BCUT2D eigenvalue weighted by molar-refractivity contribution is 5.93. The van der Waals surface area contributed by atoms with Gasteiger partial charge in [0.25, 0.3) is 5.56 Å². The first-order valence-corrected chi connectivity index (χ1v) is 6.21. The van der Waals surface area contributed by atoms with E-state index in [1.807, 2.05) is 43.6 Å². The number of rotatable bonds is 2. The highest BCUT2D eigenvalue weighted by Crippen LogP contribution is 2.27. The predicted octanol–water partition coefficient (Wildman–Crippen LogP) is 1.22. The highest BCUT2D eigenvalue weighted by Gasteiger charge is 2.16. The van der Waals surface area contributed by atoms with E-state index in [4.69, 9.17) is 5.84 Å². The Morgan fingerprint density at radius 1 is 1.20 bits per heavy atom. The van der Waals surface area contributed by atoms with Gasteiger partial charge in [-0.25, -0.2) is 10.8 Å². The minimum Gasteiger partial charge on any atom is -0.344 e. The summed E-state index contributed by atoms with van der Waals surface area (Å²) in [6, 6.07) is 9.84. The van der Waals surface area contributed by atoms with Crippen LogP contribution in [0.2, 0.25) is 0 Å². The maximum Gasteiger partial charge on any atom is 0.279 e. The number of benzene rings is 1. The zero-order chi connectivity index (χ0) is 14.3. The van der Waals surface area contributed by atoms with Crippen LogP contribution < -0.4 is 16.8 Å². The van der Waals surface area contributed by atoms with Crippen LogP contribution in [-0.4, -0.2) is 14.1 Å². The van der Waals surface area contributed by atoms with E-state index < -0.39 is 0 Å². The molecule has 0 spiro atoms. The zero-order valence-corrected chi connectivity index (χ0v) is 11.3. The Morgan fingerprint density at radius 2 is 1.90 bits per heavy atom. The van der Waals surface area contributed by atoms with Gasteiger partial charge in [0.2, 0.25) is 5.95 Å². The van der Waals surface area contributed by atoms with E-state index in [-0.39, 0.29) is 5.56 Å². The van der Waals surface area contributed by atoms with E-state index in [1.165, 1.54) is 4.57 Å². The fourth-order valence-corrected chi connectivity index (χ4v) is 2.37. The summed E-state index contributed by atoms with van der Waals surface area (Å²) >= 11 is 0. The monoisotopic (exact) mass is 269 g/mol. The molecule has 2 aromatic heterocycles. The van der Waals surface area contributed by atoms with Gasteiger partial charge >= 0.3 is 0 Å². The van der Waals surface area contributed by atoms with Crippen LogP contribution in [-0.2, 0) is 14.1 Å². The lowest BCUT2D eigenvalue weighted by Crippen LogP contribution is -2.25. The molecule has 3 rings (SSSR count). The Hall–Kier alpha value is -2.60. The maximum absolute atomic E-state index is 12.4. The lowest BCUT2D eigenvalue weighted by molar-refractivity contribution is 0.830. The van der Waals surface area contributed by atoms with E-state index in [0.29, 0.717) is 17.0 Å².